The van der Waals surface area contributed by atoms with Crippen LogP contribution in [-0.2, 0) is 4.57 Å². The minimum Gasteiger partial charge on any atom is -0.303 e. The van der Waals surface area contributed by atoms with Gasteiger partial charge in [0, 0.05) is 0 Å². The zero-order valence-corrected chi connectivity index (χ0v) is 8.08. The molecule has 0 fully saturated rings. The molecule has 0 aromatic rings. The standard InChI is InChI=1S/C2H6N.Na.H3O4P/c1-2-3;;1-5(2,3)4/h1-3H2;;(H3,1,2,3,4). The topological polar surface area (TPSA) is 104 Å². The van der Waals surface area contributed by atoms with Gasteiger partial charge in [0.2, 0.25) is 0 Å². The van der Waals surface area contributed by atoms with Gasteiger partial charge in [0.15, 0.2) is 0 Å². The molecule has 0 aliphatic carbocycles. The van der Waals surface area contributed by atoms with Crippen molar-refractivity contribution in [3.8, 4) is 0 Å². The summed E-state index contributed by atoms with van der Waals surface area (Å²) in [4.78, 5) is 21.6. The van der Waals surface area contributed by atoms with Crippen LogP contribution in [0.1, 0.15) is 0 Å². The molecule has 0 aromatic heterocycles. The van der Waals surface area contributed by atoms with Crippen LogP contribution < -0.4 is 5.73 Å². The van der Waals surface area contributed by atoms with Gasteiger partial charge >= 0.3 is 51.7 Å². The summed E-state index contributed by atoms with van der Waals surface area (Å²) in [7, 11) is -4.64. The van der Waals surface area contributed by atoms with Crippen LogP contribution in [0.4, 0.5) is 0 Å². The molecule has 0 unspecified atom stereocenters. The molecule has 9 heavy (non-hydrogen) atoms. The summed E-state index contributed by atoms with van der Waals surface area (Å²) in [5, 5.41) is 0. The van der Waals surface area contributed by atoms with Crippen molar-refractivity contribution in [2.75, 3.05) is 6.54 Å². The van der Waals surface area contributed by atoms with Crippen molar-refractivity contribution in [2.24, 2.45) is 5.73 Å². The van der Waals surface area contributed by atoms with Crippen molar-refractivity contribution in [3.05, 3.63) is 0 Å². The molecule has 0 saturated heterocycles. The quantitative estimate of drug-likeness (QED) is 0.282. The van der Waals surface area contributed by atoms with E-state index in [4.69, 9.17) is 25.0 Å². The molecule has 0 aromatic carbocycles. The van der Waals surface area contributed by atoms with Crippen molar-refractivity contribution in [2.45, 2.75) is 3.67 Å². The van der Waals surface area contributed by atoms with Crippen LogP contribution >= 0.6 is 7.82 Å². The van der Waals surface area contributed by atoms with Gasteiger partial charge in [-0.15, -0.1) is 0 Å². The maximum Gasteiger partial charge on any atom is 0.466 e. The van der Waals surface area contributed by atoms with Gasteiger partial charge in [-0.1, -0.05) is 0 Å². The number of hydrogen-bond acceptors (Lipinski definition) is 2. The molecule has 7 heteroatoms. The van der Waals surface area contributed by atoms with Crippen LogP contribution in [0.3, 0.4) is 0 Å². The van der Waals surface area contributed by atoms with E-state index in [2.05, 4.69) is 0 Å². The third kappa shape index (κ3) is 106. The Morgan fingerprint density at radius 3 is 1.56 bits per heavy atom. The van der Waals surface area contributed by atoms with Gasteiger partial charge in [-0.3, -0.25) is 0 Å². The van der Waals surface area contributed by atoms with Crippen LogP contribution in [0.25, 0.3) is 0 Å². The average Bonchev–Trinajstić information content (AvgIpc) is 1.61. The Morgan fingerprint density at radius 1 is 1.44 bits per heavy atom. The Hall–Kier alpha value is 1.07. The Bertz CT molecular complexity index is 82.3. The Balaban J connectivity index is 0. The fourth-order valence-electron chi connectivity index (χ4n) is 0. The maximum absolute atomic E-state index is 8.88. The molecule has 0 aliphatic heterocycles. The molecule has 5 nitrogen and oxygen atoms in total. The van der Waals surface area contributed by atoms with Crippen molar-refractivity contribution < 1.29 is 19.2 Å². The molecular formula is C2H9NNaO4P. The first-order valence-corrected chi connectivity index (χ1v) is 5.38. The van der Waals surface area contributed by atoms with E-state index in [1.54, 1.807) is 0 Å². The number of rotatable bonds is 1. The number of phosphoric acid groups is 1. The molecular weight excluding hydrogens is 156 g/mol. The second-order valence-electron chi connectivity index (χ2n) is 1.30. The Morgan fingerprint density at radius 2 is 1.56 bits per heavy atom. The summed E-state index contributed by atoms with van der Waals surface area (Å²) in [5.41, 5.74) is 5.06. The van der Waals surface area contributed by atoms with Crippen LogP contribution in [0, 0.1) is 0 Å². The van der Waals surface area contributed by atoms with E-state index in [1.165, 1.54) is 31.6 Å². The Labute approximate surface area is 70.9 Å². The van der Waals surface area contributed by atoms with Gasteiger partial charge in [0.1, 0.15) is 0 Å². The maximum atomic E-state index is 8.88. The summed E-state index contributed by atoms with van der Waals surface area (Å²) >= 11 is 1.26. The summed E-state index contributed by atoms with van der Waals surface area (Å²) in [6.07, 6.45) is 0. The SMILES string of the molecule is NC[CH2][Na].O=P(O)(O)O. The molecule has 52 valence electrons. The molecule has 0 heterocycles. The van der Waals surface area contributed by atoms with Crippen LogP contribution in [-0.4, -0.2) is 49.2 Å². The first-order chi connectivity index (χ1) is 3.91. The molecule has 0 atom stereocenters. The van der Waals surface area contributed by atoms with E-state index in [-0.39, 0.29) is 0 Å². The zero-order chi connectivity index (χ0) is 7.91. The van der Waals surface area contributed by atoms with Crippen molar-refractivity contribution in [1.29, 1.82) is 0 Å². The molecule has 0 saturated carbocycles. The molecule has 0 amide bonds. The molecule has 5 N–H and O–H groups in total. The third-order valence-electron chi connectivity index (χ3n) is 0.289. The van der Waals surface area contributed by atoms with Crippen LogP contribution in [0.2, 0.25) is 3.67 Å². The smallest absolute Gasteiger partial charge is 0.303 e. The predicted octanol–water partition coefficient (Wildman–Crippen LogP) is -1.40. The van der Waals surface area contributed by atoms with Gasteiger partial charge in [0.05, 0.1) is 0 Å². The minimum atomic E-state index is -4.64. The van der Waals surface area contributed by atoms with E-state index in [0.717, 1.165) is 6.54 Å². The normalized spacial score (nSPS) is 10.0. The minimum absolute atomic E-state index is 0.881. The second-order valence-corrected chi connectivity index (χ2v) is 3.33. The fourth-order valence-corrected chi connectivity index (χ4v) is 0. The molecule has 0 rings (SSSR count). The van der Waals surface area contributed by atoms with E-state index >= 15 is 0 Å². The van der Waals surface area contributed by atoms with Gasteiger partial charge in [-0.25, -0.2) is 4.57 Å². The number of nitrogens with two attached hydrogens (primary N) is 1. The average molecular weight is 165 g/mol. The van der Waals surface area contributed by atoms with E-state index in [9.17, 15) is 0 Å². The van der Waals surface area contributed by atoms with Gasteiger partial charge in [-0.2, -0.15) is 0 Å². The van der Waals surface area contributed by atoms with E-state index in [1.807, 2.05) is 0 Å². The fraction of sp³-hybridized carbons (Fsp3) is 1.00. The number of hydrogen-bond donors (Lipinski definition) is 4. The molecule has 0 aliphatic rings. The predicted molar refractivity (Wildman–Crippen MR) is 33.9 cm³/mol. The largest absolute Gasteiger partial charge is 0.466 e. The van der Waals surface area contributed by atoms with Gasteiger partial charge in [-0.05, 0) is 0 Å². The summed E-state index contributed by atoms with van der Waals surface area (Å²) in [6, 6.07) is 0. The van der Waals surface area contributed by atoms with Crippen molar-refractivity contribution in [1.82, 2.24) is 0 Å². The summed E-state index contributed by atoms with van der Waals surface area (Å²) in [5.74, 6) is 0. The summed E-state index contributed by atoms with van der Waals surface area (Å²) in [6.45, 7) is 0.881. The second kappa shape index (κ2) is 7.18. The third-order valence-corrected chi connectivity index (χ3v) is 0.866. The Kier molecular flexibility index (Phi) is 10.1. The van der Waals surface area contributed by atoms with Crippen LogP contribution in [0.15, 0.2) is 0 Å². The van der Waals surface area contributed by atoms with E-state index in [0.29, 0.717) is 0 Å². The first-order valence-electron chi connectivity index (χ1n) is 2.40. The molecule has 0 spiro atoms. The molecule has 0 bridgehead atoms. The summed E-state index contributed by atoms with van der Waals surface area (Å²) < 4.78 is 10.1. The van der Waals surface area contributed by atoms with Gasteiger partial charge < -0.3 is 14.7 Å². The van der Waals surface area contributed by atoms with Crippen LogP contribution in [0.5, 0.6) is 0 Å². The van der Waals surface area contributed by atoms with Gasteiger partial charge in [0.25, 0.3) is 0 Å². The van der Waals surface area contributed by atoms with Crippen molar-refractivity contribution >= 4 is 35.8 Å². The molecule has 0 radical (unpaired) electrons. The first kappa shape index (κ1) is 12.7. The zero-order valence-electron chi connectivity index (χ0n) is 5.19. The monoisotopic (exact) mass is 165 g/mol. The van der Waals surface area contributed by atoms with Crippen molar-refractivity contribution in [3.63, 3.8) is 0 Å². The van der Waals surface area contributed by atoms with E-state index < -0.39 is 7.82 Å².